The second-order valence-corrected chi connectivity index (χ2v) is 9.73. The van der Waals surface area contributed by atoms with E-state index in [1.54, 1.807) is 29.8 Å². The van der Waals surface area contributed by atoms with Gasteiger partial charge in [0.2, 0.25) is 0 Å². The average Bonchev–Trinajstić information content (AvgIpc) is 3.20. The van der Waals surface area contributed by atoms with Gasteiger partial charge in [0.25, 0.3) is 0 Å². The number of hydrogen-bond acceptors (Lipinski definition) is 11. The van der Waals surface area contributed by atoms with Gasteiger partial charge in [0.15, 0.2) is 5.82 Å². The number of hydrogen-bond donors (Lipinski definition) is 6. The molecule has 0 amide bonds. The Balaban J connectivity index is 1.84. The molecule has 3 aromatic rings. The molecule has 3 rings (SSSR count). The van der Waals surface area contributed by atoms with Gasteiger partial charge >= 0.3 is 0 Å². The lowest BCUT2D eigenvalue weighted by Crippen LogP contribution is -2.49. The van der Waals surface area contributed by atoms with Gasteiger partial charge in [0.05, 0.1) is 37.1 Å². The van der Waals surface area contributed by atoms with Crippen LogP contribution in [0.3, 0.4) is 0 Å². The van der Waals surface area contributed by atoms with Gasteiger partial charge in [-0.2, -0.15) is 5.10 Å². The number of ether oxygens (including phenoxy) is 1. The van der Waals surface area contributed by atoms with E-state index in [9.17, 15) is 20.4 Å². The van der Waals surface area contributed by atoms with Gasteiger partial charge in [-0.25, -0.2) is 9.97 Å². The molecule has 0 aliphatic rings. The summed E-state index contributed by atoms with van der Waals surface area (Å²) in [6, 6.07) is 5.53. The second kappa shape index (κ2) is 13.5. The third-order valence-electron chi connectivity index (χ3n) is 6.20. The Kier molecular flexibility index (Phi) is 10.6. The molecule has 0 bridgehead atoms. The number of aromatic nitrogens is 4. The highest BCUT2D eigenvalue weighted by Gasteiger charge is 2.30. The van der Waals surface area contributed by atoms with E-state index in [1.165, 1.54) is 0 Å². The van der Waals surface area contributed by atoms with Crippen LogP contribution in [0.5, 0.6) is 5.75 Å². The van der Waals surface area contributed by atoms with Crippen LogP contribution in [0.2, 0.25) is 5.02 Å². The van der Waals surface area contributed by atoms with Crippen LogP contribution in [0, 0.1) is 0 Å². The summed E-state index contributed by atoms with van der Waals surface area (Å²) in [5.74, 6) is 1.65. The van der Waals surface area contributed by atoms with Gasteiger partial charge in [-0.3, -0.25) is 9.58 Å². The minimum atomic E-state index is -1.69. The Labute approximate surface area is 226 Å². The lowest BCUT2D eigenvalue weighted by Gasteiger charge is -2.28. The lowest BCUT2D eigenvalue weighted by atomic mass is 10.0. The molecule has 1 aromatic carbocycles. The smallest absolute Gasteiger partial charge is 0.156 e. The second-order valence-electron chi connectivity index (χ2n) is 9.32. The van der Waals surface area contributed by atoms with Crippen molar-refractivity contribution >= 4 is 28.5 Å². The fraction of sp³-hybridized carbons (Fsp3) is 0.560. The van der Waals surface area contributed by atoms with Crippen molar-refractivity contribution in [1.29, 1.82) is 0 Å². The van der Waals surface area contributed by atoms with Crippen LogP contribution >= 0.6 is 11.6 Å². The summed E-state index contributed by atoms with van der Waals surface area (Å²) in [5, 5.41) is 57.5. The number of rotatable bonds is 14. The molecular formula is C25H37ClN6O6. The molecule has 6 N–H and O–H groups in total. The van der Waals surface area contributed by atoms with Gasteiger partial charge in [-0.1, -0.05) is 31.0 Å². The normalized spacial score (nSPS) is 15.0. The molecule has 0 radical (unpaired) electrons. The van der Waals surface area contributed by atoms with E-state index in [-0.39, 0.29) is 13.1 Å². The van der Waals surface area contributed by atoms with Crippen molar-refractivity contribution in [2.75, 3.05) is 32.6 Å². The third-order valence-corrected chi connectivity index (χ3v) is 6.49. The Morgan fingerprint density at radius 2 is 1.84 bits per heavy atom. The molecule has 13 heteroatoms. The quantitative estimate of drug-likeness (QED) is 0.164. The molecule has 210 valence electrons. The highest BCUT2D eigenvalue weighted by molar-refractivity contribution is 6.32. The van der Waals surface area contributed by atoms with Crippen molar-refractivity contribution in [1.82, 2.24) is 24.6 Å². The number of aliphatic hydroxyl groups excluding tert-OH is 5. The third kappa shape index (κ3) is 7.08. The molecular weight excluding hydrogens is 516 g/mol. The van der Waals surface area contributed by atoms with Crippen LogP contribution in [0.4, 0.5) is 5.82 Å². The van der Waals surface area contributed by atoms with Crippen molar-refractivity contribution in [3.05, 3.63) is 40.3 Å². The Hall–Kier alpha value is -2.58. The molecule has 2 heterocycles. The van der Waals surface area contributed by atoms with Gasteiger partial charge in [-0.05, 0) is 31.2 Å². The molecule has 0 aliphatic carbocycles. The molecule has 38 heavy (non-hydrogen) atoms. The first-order valence-electron chi connectivity index (χ1n) is 12.4. The average molecular weight is 553 g/mol. The SMILES string of the molecule is CCCc1nn(C)c2c(NCc3ccc(OC)c(Cl)c3)nc(CN(C)C[C@@H](O)[C@@H](O)[C@@H](O)[C@@H](O)CO)nc12. The maximum Gasteiger partial charge on any atom is 0.156 e. The largest absolute Gasteiger partial charge is 0.495 e. The van der Waals surface area contributed by atoms with Gasteiger partial charge < -0.3 is 35.6 Å². The van der Waals surface area contributed by atoms with Crippen LogP contribution in [0.25, 0.3) is 11.0 Å². The van der Waals surface area contributed by atoms with Crippen molar-refractivity contribution in [3.63, 3.8) is 0 Å². The van der Waals surface area contributed by atoms with Crippen molar-refractivity contribution in [2.24, 2.45) is 7.05 Å². The standard InChI is InChI=1S/C25H37ClN6O6/c1-5-6-16-21-22(32(3)30-16)25(27-10-14-7-8-19(38-4)15(26)9-14)29-20(28-21)12-31(2)11-17(34)23(36)24(37)18(35)13-33/h7-9,17-18,23-24,33-37H,5-6,10-13H2,1-4H3,(H,27,28,29)/t17-,18+,23-,24+/m1/s1. The summed E-state index contributed by atoms with van der Waals surface area (Å²) < 4.78 is 6.98. The van der Waals surface area contributed by atoms with E-state index in [4.69, 9.17) is 31.4 Å². The molecule has 0 unspecified atom stereocenters. The number of benzene rings is 1. The summed E-state index contributed by atoms with van der Waals surface area (Å²) in [6.45, 7) is 1.95. The number of aryl methyl sites for hydroxylation is 2. The number of halogens is 1. The van der Waals surface area contributed by atoms with Crippen LogP contribution in [0.1, 0.15) is 30.4 Å². The van der Waals surface area contributed by atoms with E-state index in [0.29, 0.717) is 29.0 Å². The fourth-order valence-electron chi connectivity index (χ4n) is 4.19. The van der Waals surface area contributed by atoms with E-state index >= 15 is 0 Å². The molecule has 12 nitrogen and oxygen atoms in total. The van der Waals surface area contributed by atoms with Gasteiger partial charge in [0.1, 0.15) is 40.9 Å². The van der Waals surface area contributed by atoms with E-state index in [1.807, 2.05) is 19.2 Å². The summed E-state index contributed by atoms with van der Waals surface area (Å²) in [6.07, 6.45) is -4.65. The molecule has 0 spiro atoms. The summed E-state index contributed by atoms with van der Waals surface area (Å²) in [7, 11) is 5.11. The number of nitrogens with zero attached hydrogens (tertiary/aromatic N) is 5. The first-order valence-corrected chi connectivity index (χ1v) is 12.8. The van der Waals surface area contributed by atoms with E-state index in [2.05, 4.69) is 17.3 Å². The molecule has 4 atom stereocenters. The van der Waals surface area contributed by atoms with E-state index < -0.39 is 31.0 Å². The minimum absolute atomic E-state index is 0.0419. The number of nitrogens with one attached hydrogen (secondary N) is 1. The van der Waals surface area contributed by atoms with Crippen LogP contribution < -0.4 is 10.1 Å². The first kappa shape index (κ1) is 30.0. The van der Waals surface area contributed by atoms with Gasteiger partial charge in [-0.15, -0.1) is 0 Å². The number of fused-ring (bicyclic) bond motifs is 1. The van der Waals surface area contributed by atoms with Crippen molar-refractivity contribution in [3.8, 4) is 5.75 Å². The van der Waals surface area contributed by atoms with Gasteiger partial charge in [0, 0.05) is 20.1 Å². The molecule has 0 saturated heterocycles. The van der Waals surface area contributed by atoms with Crippen LogP contribution in [0.15, 0.2) is 18.2 Å². The number of likely N-dealkylation sites (N-methyl/N-ethyl adjacent to an activating group) is 1. The summed E-state index contributed by atoms with van der Waals surface area (Å²) >= 11 is 6.28. The molecule has 0 fully saturated rings. The molecule has 2 aromatic heterocycles. The minimum Gasteiger partial charge on any atom is -0.495 e. The zero-order chi connectivity index (χ0) is 28.0. The zero-order valence-corrected chi connectivity index (χ0v) is 22.8. The molecule has 0 saturated carbocycles. The van der Waals surface area contributed by atoms with Crippen LogP contribution in [-0.2, 0) is 26.6 Å². The predicted octanol–water partition coefficient (Wildman–Crippen LogP) is 0.458. The lowest BCUT2D eigenvalue weighted by molar-refractivity contribution is -0.119. The van der Waals surface area contributed by atoms with Crippen molar-refractivity contribution < 1.29 is 30.3 Å². The van der Waals surface area contributed by atoms with E-state index in [0.717, 1.165) is 35.1 Å². The molecule has 0 aliphatic heterocycles. The topological polar surface area (TPSA) is 169 Å². The maximum atomic E-state index is 10.4. The Morgan fingerprint density at radius 3 is 2.47 bits per heavy atom. The van der Waals surface area contributed by atoms with Crippen molar-refractivity contribution in [2.45, 2.75) is 57.3 Å². The summed E-state index contributed by atoms with van der Waals surface area (Å²) in [5.41, 5.74) is 3.27. The zero-order valence-electron chi connectivity index (χ0n) is 22.0. The highest BCUT2D eigenvalue weighted by atomic mass is 35.5. The highest BCUT2D eigenvalue weighted by Crippen LogP contribution is 2.27. The summed E-state index contributed by atoms with van der Waals surface area (Å²) in [4.78, 5) is 11.2. The predicted molar refractivity (Wildman–Crippen MR) is 143 cm³/mol. The number of anilines is 1. The maximum absolute atomic E-state index is 10.4. The fourth-order valence-corrected chi connectivity index (χ4v) is 4.47. The Bertz CT molecular complexity index is 1210. The Morgan fingerprint density at radius 1 is 1.13 bits per heavy atom. The first-order chi connectivity index (χ1) is 18.1. The number of aliphatic hydroxyl groups is 5. The van der Waals surface area contributed by atoms with Crippen LogP contribution in [-0.4, -0.2) is 102 Å². The number of methoxy groups -OCH3 is 1. The monoisotopic (exact) mass is 552 g/mol.